The number of rotatable bonds is 3. The summed E-state index contributed by atoms with van der Waals surface area (Å²) in [5, 5.41) is 4.63. The molecule has 0 fully saturated rings. The number of ether oxygens (including phenoxy) is 2. The lowest BCUT2D eigenvalue weighted by molar-refractivity contribution is 0.109. The number of benzene rings is 3. The Balaban J connectivity index is 2.38. The minimum Gasteiger partial charge on any atom is -0.496 e. The number of methoxy groups -OCH3 is 2. The quantitative estimate of drug-likeness (QED) is 0.584. The van der Waals surface area contributed by atoms with Crippen molar-refractivity contribution in [2.45, 2.75) is 13.2 Å². The van der Waals surface area contributed by atoms with Crippen LogP contribution in [0, 0.1) is 6.92 Å². The third-order valence-corrected chi connectivity index (χ3v) is 4.00. The second-order valence-electron chi connectivity index (χ2n) is 5.21. The Morgan fingerprint density at radius 3 is 2.48 bits per heavy atom. The summed E-state index contributed by atoms with van der Waals surface area (Å²) in [7, 11) is 3.32. The molecule has 0 bridgehead atoms. The molecule has 3 rings (SSSR count). The van der Waals surface area contributed by atoms with E-state index in [1.165, 1.54) is 10.8 Å². The molecule has 1 atom stereocenters. The van der Waals surface area contributed by atoms with Gasteiger partial charge in [0.1, 0.15) is 12.0 Å². The molecule has 0 radical (unpaired) electrons. The number of hydrogen-bond donors (Lipinski definition) is 1. The molecular formula is C18H19NO2. The van der Waals surface area contributed by atoms with Crippen molar-refractivity contribution >= 4 is 21.5 Å². The van der Waals surface area contributed by atoms with Crippen LogP contribution in [0.5, 0.6) is 5.75 Å². The second-order valence-corrected chi connectivity index (χ2v) is 5.21. The summed E-state index contributed by atoms with van der Waals surface area (Å²) in [6.07, 6.45) is -0.407. The van der Waals surface area contributed by atoms with Crippen molar-refractivity contribution in [1.29, 1.82) is 0 Å². The number of aryl methyl sites for hydroxylation is 1. The molecule has 21 heavy (non-hydrogen) atoms. The fraction of sp³-hybridized carbons (Fsp3) is 0.222. The maximum absolute atomic E-state index is 6.04. The zero-order chi connectivity index (χ0) is 15.0. The highest BCUT2D eigenvalue weighted by molar-refractivity contribution is 6.09. The minimum atomic E-state index is -0.407. The summed E-state index contributed by atoms with van der Waals surface area (Å²) in [5.74, 6) is 0.882. The molecule has 0 heterocycles. The van der Waals surface area contributed by atoms with E-state index in [9.17, 15) is 0 Å². The molecule has 0 amide bonds. The largest absolute Gasteiger partial charge is 0.496 e. The van der Waals surface area contributed by atoms with Crippen molar-refractivity contribution in [1.82, 2.24) is 0 Å². The zero-order valence-corrected chi connectivity index (χ0v) is 12.5. The summed E-state index contributed by atoms with van der Waals surface area (Å²) in [6.45, 7) is 2.06. The predicted octanol–water partition coefficient (Wildman–Crippen LogP) is 3.91. The lowest BCUT2D eigenvalue weighted by atomic mass is 9.96. The van der Waals surface area contributed by atoms with Crippen LogP contribution in [-0.4, -0.2) is 14.2 Å². The number of hydrogen-bond acceptors (Lipinski definition) is 3. The van der Waals surface area contributed by atoms with Gasteiger partial charge in [0, 0.05) is 12.5 Å². The third-order valence-electron chi connectivity index (χ3n) is 4.00. The maximum atomic E-state index is 6.04. The maximum Gasteiger partial charge on any atom is 0.131 e. The molecular weight excluding hydrogens is 262 g/mol. The summed E-state index contributed by atoms with van der Waals surface area (Å²) < 4.78 is 10.7. The first-order valence-corrected chi connectivity index (χ1v) is 6.94. The van der Waals surface area contributed by atoms with Gasteiger partial charge in [-0.25, -0.2) is 0 Å². The van der Waals surface area contributed by atoms with Crippen LogP contribution >= 0.6 is 0 Å². The van der Waals surface area contributed by atoms with Crippen LogP contribution in [0.3, 0.4) is 0 Å². The van der Waals surface area contributed by atoms with Gasteiger partial charge in [-0.15, -0.1) is 0 Å². The molecule has 0 saturated carbocycles. The molecule has 3 nitrogen and oxygen atoms in total. The fourth-order valence-electron chi connectivity index (χ4n) is 2.85. The normalized spacial score (nSPS) is 12.8. The highest BCUT2D eigenvalue weighted by atomic mass is 16.5. The Morgan fingerprint density at radius 1 is 0.952 bits per heavy atom. The van der Waals surface area contributed by atoms with E-state index in [0.29, 0.717) is 0 Å². The van der Waals surface area contributed by atoms with Crippen LogP contribution in [-0.2, 0) is 4.74 Å². The Hall–Kier alpha value is -2.10. The van der Waals surface area contributed by atoms with Gasteiger partial charge in [0.05, 0.1) is 7.11 Å². The Bertz CT molecular complexity index is 811. The van der Waals surface area contributed by atoms with Gasteiger partial charge in [-0.05, 0) is 46.3 Å². The third kappa shape index (κ3) is 2.24. The Kier molecular flexibility index (Phi) is 3.53. The summed E-state index contributed by atoms with van der Waals surface area (Å²) >= 11 is 0. The fourth-order valence-corrected chi connectivity index (χ4v) is 2.85. The van der Waals surface area contributed by atoms with Crippen molar-refractivity contribution in [2.75, 3.05) is 14.2 Å². The molecule has 3 heteroatoms. The smallest absolute Gasteiger partial charge is 0.131 e. The van der Waals surface area contributed by atoms with Gasteiger partial charge in [-0.3, -0.25) is 0 Å². The standard InChI is InChI=1S/C18H19NO2/c1-11-9-12-7-8-14-13(5-4-6-17(14)20-2)16(12)10-15(11)18(19)21-3/h4-10,18H,19H2,1-3H3. The number of nitrogens with two attached hydrogens (primary N) is 1. The van der Waals surface area contributed by atoms with Crippen LogP contribution in [0.4, 0.5) is 0 Å². The summed E-state index contributed by atoms with van der Waals surface area (Å²) in [4.78, 5) is 0. The number of fused-ring (bicyclic) bond motifs is 3. The molecule has 0 aliphatic carbocycles. The molecule has 0 saturated heterocycles. The molecule has 1 unspecified atom stereocenters. The summed E-state index contributed by atoms with van der Waals surface area (Å²) in [6, 6.07) is 14.6. The molecule has 0 aliphatic heterocycles. The highest BCUT2D eigenvalue weighted by Crippen LogP contribution is 2.33. The molecule has 2 N–H and O–H groups in total. The predicted molar refractivity (Wildman–Crippen MR) is 86.7 cm³/mol. The molecule has 3 aromatic carbocycles. The van der Waals surface area contributed by atoms with E-state index in [4.69, 9.17) is 15.2 Å². The van der Waals surface area contributed by atoms with E-state index in [-0.39, 0.29) is 0 Å². The first-order chi connectivity index (χ1) is 10.2. The van der Waals surface area contributed by atoms with Crippen molar-refractivity contribution in [3.8, 4) is 5.75 Å². The SMILES string of the molecule is COc1cccc2c1ccc1cc(C)c(C(N)OC)cc12. The second kappa shape index (κ2) is 5.35. The van der Waals surface area contributed by atoms with E-state index >= 15 is 0 Å². The van der Waals surface area contributed by atoms with Gasteiger partial charge in [0.25, 0.3) is 0 Å². The van der Waals surface area contributed by atoms with Crippen LogP contribution in [0.1, 0.15) is 17.4 Å². The Labute approximate surface area is 124 Å². The molecule has 0 aromatic heterocycles. The average Bonchev–Trinajstić information content (AvgIpc) is 2.52. The molecule has 0 aliphatic rings. The first-order valence-electron chi connectivity index (χ1n) is 6.94. The van der Waals surface area contributed by atoms with Crippen molar-refractivity contribution in [3.63, 3.8) is 0 Å². The van der Waals surface area contributed by atoms with Crippen molar-refractivity contribution in [2.24, 2.45) is 5.73 Å². The van der Waals surface area contributed by atoms with E-state index in [2.05, 4.69) is 37.3 Å². The lowest BCUT2D eigenvalue weighted by Crippen LogP contribution is -2.13. The first kappa shape index (κ1) is 13.9. The van der Waals surface area contributed by atoms with Crippen LogP contribution in [0.2, 0.25) is 0 Å². The van der Waals surface area contributed by atoms with E-state index in [1.54, 1.807) is 14.2 Å². The van der Waals surface area contributed by atoms with Gasteiger partial charge in [0.2, 0.25) is 0 Å². The minimum absolute atomic E-state index is 0.407. The highest BCUT2D eigenvalue weighted by Gasteiger charge is 2.11. The van der Waals surface area contributed by atoms with E-state index in [0.717, 1.165) is 27.6 Å². The van der Waals surface area contributed by atoms with Gasteiger partial charge in [0.15, 0.2) is 0 Å². The monoisotopic (exact) mass is 281 g/mol. The van der Waals surface area contributed by atoms with Crippen molar-refractivity contribution in [3.05, 3.63) is 53.6 Å². The van der Waals surface area contributed by atoms with E-state index in [1.807, 2.05) is 12.1 Å². The van der Waals surface area contributed by atoms with Gasteiger partial charge in [-0.1, -0.05) is 30.3 Å². The molecule has 108 valence electrons. The molecule has 3 aromatic rings. The molecule has 0 spiro atoms. The van der Waals surface area contributed by atoms with Crippen LogP contribution in [0.25, 0.3) is 21.5 Å². The van der Waals surface area contributed by atoms with Gasteiger partial charge in [-0.2, -0.15) is 0 Å². The zero-order valence-electron chi connectivity index (χ0n) is 12.5. The topological polar surface area (TPSA) is 44.5 Å². The van der Waals surface area contributed by atoms with Gasteiger partial charge >= 0.3 is 0 Å². The average molecular weight is 281 g/mol. The van der Waals surface area contributed by atoms with Gasteiger partial charge < -0.3 is 15.2 Å². The summed E-state index contributed by atoms with van der Waals surface area (Å²) in [5.41, 5.74) is 8.19. The Morgan fingerprint density at radius 2 is 1.76 bits per heavy atom. The van der Waals surface area contributed by atoms with Crippen LogP contribution in [0.15, 0.2) is 42.5 Å². The lowest BCUT2D eigenvalue weighted by Gasteiger charge is -2.15. The van der Waals surface area contributed by atoms with E-state index < -0.39 is 6.23 Å². The van der Waals surface area contributed by atoms with Crippen molar-refractivity contribution < 1.29 is 9.47 Å². The van der Waals surface area contributed by atoms with Crippen LogP contribution < -0.4 is 10.5 Å².